The number of nitrogens with zero attached hydrogens (tertiary/aromatic N) is 3. The molecule has 0 atom stereocenters. The molecule has 1 N–H and O–H groups in total. The van der Waals surface area contributed by atoms with Crippen LogP contribution in [0.4, 0.5) is 11.6 Å². The molecule has 0 unspecified atom stereocenters. The largest absolute Gasteiger partial charge is 0.467 e. The minimum Gasteiger partial charge on any atom is -0.467 e. The number of benzene rings is 1. The first-order valence-electron chi connectivity index (χ1n) is 8.76. The molecule has 0 radical (unpaired) electrons. The summed E-state index contributed by atoms with van der Waals surface area (Å²) < 4.78 is 5.45. The molecule has 3 aromatic heterocycles. The van der Waals surface area contributed by atoms with E-state index in [2.05, 4.69) is 15.3 Å². The van der Waals surface area contributed by atoms with Crippen molar-refractivity contribution in [2.45, 2.75) is 13.1 Å². The zero-order chi connectivity index (χ0) is 19.2. The molecule has 0 aliphatic heterocycles. The van der Waals surface area contributed by atoms with E-state index in [4.69, 9.17) is 4.42 Å². The Balaban J connectivity index is 1.56. The number of carbonyl (C=O) groups is 1. The highest BCUT2D eigenvalue weighted by Crippen LogP contribution is 2.20. The van der Waals surface area contributed by atoms with E-state index in [1.807, 2.05) is 53.9 Å². The molecule has 0 aliphatic carbocycles. The monoisotopic (exact) mass is 390 g/mol. The highest BCUT2D eigenvalue weighted by Gasteiger charge is 2.19. The molecule has 1 amide bonds. The standard InChI is InChI=1S/C21H18N4O2S/c26-20(16-5-1-6-17(13-16)24-21-22-9-4-10-23-21)25(14-18-7-2-11-27-18)15-19-8-3-12-28-19/h1-13H,14-15H2,(H,22,23,24). The number of anilines is 2. The van der Waals surface area contributed by atoms with Gasteiger partial charge in [-0.3, -0.25) is 4.79 Å². The second kappa shape index (κ2) is 8.49. The van der Waals surface area contributed by atoms with Gasteiger partial charge in [0.1, 0.15) is 5.76 Å². The lowest BCUT2D eigenvalue weighted by molar-refractivity contribution is 0.0719. The highest BCUT2D eigenvalue weighted by atomic mass is 32.1. The Labute approximate surface area is 166 Å². The van der Waals surface area contributed by atoms with E-state index in [1.165, 1.54) is 0 Å². The second-order valence-electron chi connectivity index (χ2n) is 6.10. The van der Waals surface area contributed by atoms with E-state index in [0.717, 1.165) is 16.3 Å². The minimum absolute atomic E-state index is 0.0672. The van der Waals surface area contributed by atoms with Crippen LogP contribution in [-0.2, 0) is 13.1 Å². The van der Waals surface area contributed by atoms with Crippen LogP contribution in [0.1, 0.15) is 21.0 Å². The first-order valence-corrected chi connectivity index (χ1v) is 9.64. The molecule has 0 spiro atoms. The number of nitrogens with one attached hydrogen (secondary N) is 1. The SMILES string of the molecule is O=C(c1cccc(Nc2ncccn2)c1)N(Cc1ccco1)Cc1cccs1. The molecule has 0 bridgehead atoms. The Morgan fingerprint density at radius 3 is 2.68 bits per heavy atom. The summed E-state index contributed by atoms with van der Waals surface area (Å²) >= 11 is 1.63. The Hall–Kier alpha value is -3.45. The molecule has 0 aliphatic rings. The summed E-state index contributed by atoms with van der Waals surface area (Å²) in [6, 6.07) is 16.8. The lowest BCUT2D eigenvalue weighted by Crippen LogP contribution is -2.29. The van der Waals surface area contributed by atoms with Crippen LogP contribution in [0.5, 0.6) is 0 Å². The van der Waals surface area contributed by atoms with Crippen molar-refractivity contribution in [3.05, 3.63) is 94.8 Å². The number of thiophene rings is 1. The lowest BCUT2D eigenvalue weighted by Gasteiger charge is -2.21. The van der Waals surface area contributed by atoms with Crippen LogP contribution in [0, 0.1) is 0 Å². The molecule has 0 saturated heterocycles. The van der Waals surface area contributed by atoms with E-state index in [-0.39, 0.29) is 5.91 Å². The topological polar surface area (TPSA) is 71.3 Å². The van der Waals surface area contributed by atoms with Crippen molar-refractivity contribution in [2.24, 2.45) is 0 Å². The van der Waals surface area contributed by atoms with Crippen LogP contribution >= 0.6 is 11.3 Å². The van der Waals surface area contributed by atoms with Gasteiger partial charge in [-0.1, -0.05) is 12.1 Å². The van der Waals surface area contributed by atoms with Crippen LogP contribution in [0.2, 0.25) is 0 Å². The summed E-state index contributed by atoms with van der Waals surface area (Å²) in [5.41, 5.74) is 1.34. The van der Waals surface area contributed by atoms with E-state index < -0.39 is 0 Å². The van der Waals surface area contributed by atoms with Crippen molar-refractivity contribution in [2.75, 3.05) is 5.32 Å². The van der Waals surface area contributed by atoms with Gasteiger partial charge in [0.05, 0.1) is 19.4 Å². The number of hydrogen-bond acceptors (Lipinski definition) is 6. The number of amides is 1. The predicted octanol–water partition coefficient (Wildman–Crippen LogP) is 4.72. The number of hydrogen-bond donors (Lipinski definition) is 1. The van der Waals surface area contributed by atoms with E-state index >= 15 is 0 Å². The zero-order valence-electron chi connectivity index (χ0n) is 15.0. The van der Waals surface area contributed by atoms with Gasteiger partial charge in [0.25, 0.3) is 5.91 Å². The predicted molar refractivity (Wildman–Crippen MR) is 108 cm³/mol. The first kappa shape index (κ1) is 17.9. The molecule has 0 fully saturated rings. The molecule has 140 valence electrons. The molecule has 7 heteroatoms. The lowest BCUT2D eigenvalue weighted by atomic mass is 10.1. The summed E-state index contributed by atoms with van der Waals surface area (Å²) in [6.45, 7) is 0.930. The number of furan rings is 1. The smallest absolute Gasteiger partial charge is 0.254 e. The maximum atomic E-state index is 13.2. The minimum atomic E-state index is -0.0672. The summed E-state index contributed by atoms with van der Waals surface area (Å²) in [6.07, 6.45) is 4.94. The molecule has 4 aromatic rings. The van der Waals surface area contributed by atoms with Gasteiger partial charge in [0.15, 0.2) is 0 Å². The average molecular weight is 390 g/mol. The Kier molecular flexibility index (Phi) is 5.44. The maximum absolute atomic E-state index is 13.2. The molecule has 6 nitrogen and oxygen atoms in total. The van der Waals surface area contributed by atoms with Crippen LogP contribution in [0.25, 0.3) is 0 Å². The van der Waals surface area contributed by atoms with Gasteiger partial charge in [-0.05, 0) is 47.8 Å². The van der Waals surface area contributed by atoms with Crippen molar-refractivity contribution in [1.29, 1.82) is 0 Å². The van der Waals surface area contributed by atoms with Gasteiger partial charge >= 0.3 is 0 Å². The van der Waals surface area contributed by atoms with Gasteiger partial charge in [-0.15, -0.1) is 11.3 Å². The summed E-state index contributed by atoms with van der Waals surface area (Å²) in [4.78, 5) is 24.4. The zero-order valence-corrected chi connectivity index (χ0v) is 15.8. The summed E-state index contributed by atoms with van der Waals surface area (Å²) in [7, 11) is 0. The van der Waals surface area contributed by atoms with Gasteiger partial charge in [0, 0.05) is 28.5 Å². The van der Waals surface area contributed by atoms with Crippen LogP contribution in [-0.4, -0.2) is 20.8 Å². The van der Waals surface area contributed by atoms with Crippen molar-refractivity contribution >= 4 is 28.9 Å². The molecular weight excluding hydrogens is 372 g/mol. The van der Waals surface area contributed by atoms with Crippen molar-refractivity contribution in [3.63, 3.8) is 0 Å². The quantitative estimate of drug-likeness (QED) is 0.494. The molecular formula is C21H18N4O2S. The normalized spacial score (nSPS) is 10.6. The fourth-order valence-corrected chi connectivity index (χ4v) is 3.51. The third-order valence-electron chi connectivity index (χ3n) is 4.07. The van der Waals surface area contributed by atoms with Gasteiger partial charge in [-0.2, -0.15) is 0 Å². The van der Waals surface area contributed by atoms with Crippen LogP contribution in [0.15, 0.2) is 83.1 Å². The van der Waals surface area contributed by atoms with Crippen molar-refractivity contribution in [1.82, 2.24) is 14.9 Å². The molecule has 0 saturated carbocycles. The van der Waals surface area contributed by atoms with Crippen molar-refractivity contribution in [3.8, 4) is 0 Å². The number of rotatable bonds is 7. The highest BCUT2D eigenvalue weighted by molar-refractivity contribution is 7.09. The summed E-state index contributed by atoms with van der Waals surface area (Å²) in [5.74, 6) is 1.16. The fourth-order valence-electron chi connectivity index (χ4n) is 2.79. The van der Waals surface area contributed by atoms with Gasteiger partial charge in [-0.25, -0.2) is 9.97 Å². The van der Waals surface area contributed by atoms with E-state index in [9.17, 15) is 4.79 Å². The Morgan fingerprint density at radius 1 is 1.04 bits per heavy atom. The molecule has 1 aromatic carbocycles. The third kappa shape index (κ3) is 4.44. The van der Waals surface area contributed by atoms with Crippen molar-refractivity contribution < 1.29 is 9.21 Å². The van der Waals surface area contributed by atoms with E-state index in [0.29, 0.717) is 24.6 Å². The van der Waals surface area contributed by atoms with Gasteiger partial charge < -0.3 is 14.6 Å². The average Bonchev–Trinajstić information content (AvgIpc) is 3.42. The molecule has 28 heavy (non-hydrogen) atoms. The summed E-state index contributed by atoms with van der Waals surface area (Å²) in [5, 5.41) is 5.13. The maximum Gasteiger partial charge on any atom is 0.254 e. The number of carbonyl (C=O) groups excluding carboxylic acids is 1. The number of aromatic nitrogens is 2. The Bertz CT molecular complexity index is 982. The molecule has 4 rings (SSSR count). The fraction of sp³-hybridized carbons (Fsp3) is 0.0952. The molecule has 3 heterocycles. The van der Waals surface area contributed by atoms with Crippen LogP contribution < -0.4 is 5.32 Å². The van der Waals surface area contributed by atoms with E-state index in [1.54, 1.807) is 41.0 Å². The Morgan fingerprint density at radius 2 is 1.93 bits per heavy atom. The first-order chi connectivity index (χ1) is 13.8. The third-order valence-corrected chi connectivity index (χ3v) is 4.93. The van der Waals surface area contributed by atoms with Gasteiger partial charge in [0.2, 0.25) is 5.95 Å². The van der Waals surface area contributed by atoms with Crippen LogP contribution in [0.3, 0.4) is 0 Å². The second-order valence-corrected chi connectivity index (χ2v) is 7.13.